The molecule has 0 aliphatic carbocycles. The van der Waals surface area contributed by atoms with Gasteiger partial charge >= 0.3 is 0 Å². The zero-order valence-corrected chi connectivity index (χ0v) is 14.0. The molecule has 0 fully saturated rings. The highest BCUT2D eigenvalue weighted by Crippen LogP contribution is 1.99. The van der Waals surface area contributed by atoms with E-state index in [4.69, 9.17) is 11.5 Å². The number of hydrogen-bond acceptors (Lipinski definition) is 6. The van der Waals surface area contributed by atoms with E-state index in [1.54, 1.807) is 0 Å². The smallest absolute Gasteiger partial charge is 0.243 e. The first-order valence-electron chi connectivity index (χ1n) is 7.45. The van der Waals surface area contributed by atoms with E-state index in [0.717, 1.165) is 0 Å². The van der Waals surface area contributed by atoms with Crippen LogP contribution in [0, 0.1) is 0 Å². The fourth-order valence-corrected chi connectivity index (χ4v) is 1.66. The van der Waals surface area contributed by atoms with Gasteiger partial charge < -0.3 is 32.7 Å². The van der Waals surface area contributed by atoms with Crippen molar-refractivity contribution in [2.75, 3.05) is 13.1 Å². The summed E-state index contributed by atoms with van der Waals surface area (Å²) in [5.74, 6) is -1.81. The van der Waals surface area contributed by atoms with Crippen LogP contribution in [-0.4, -0.2) is 48.8 Å². The van der Waals surface area contributed by atoms with Crippen LogP contribution < -0.4 is 32.7 Å². The Bertz CT molecular complexity index is 494. The van der Waals surface area contributed by atoms with E-state index in [0.29, 0.717) is 25.2 Å². The predicted octanol–water partition coefficient (Wildman–Crippen LogP) is -2.60. The molecule has 0 aromatic rings. The molecule has 0 aliphatic rings. The highest BCUT2D eigenvalue weighted by molar-refractivity contribution is 5.92. The van der Waals surface area contributed by atoms with Crippen molar-refractivity contribution < 1.29 is 19.2 Å². The molecule has 0 aromatic carbocycles. The number of primary amides is 1. The maximum absolute atomic E-state index is 12.2. The maximum Gasteiger partial charge on any atom is 0.243 e. The molecule has 136 valence electrons. The van der Waals surface area contributed by atoms with E-state index in [2.05, 4.69) is 27.8 Å². The molecule has 10 nitrogen and oxygen atoms in total. The molecule has 0 unspecified atom stereocenters. The molecule has 0 aromatic heterocycles. The molecule has 0 aliphatic heterocycles. The van der Waals surface area contributed by atoms with Gasteiger partial charge in [-0.25, -0.2) is 0 Å². The summed E-state index contributed by atoms with van der Waals surface area (Å²) >= 11 is 0. The summed E-state index contributed by atoms with van der Waals surface area (Å²) in [6.07, 6.45) is 0.809. The molecule has 2 atom stereocenters. The number of carbonyl (C=O) groups is 4. The van der Waals surface area contributed by atoms with E-state index in [-0.39, 0.29) is 12.5 Å². The van der Waals surface area contributed by atoms with Gasteiger partial charge in [0.2, 0.25) is 23.6 Å². The fourth-order valence-electron chi connectivity index (χ4n) is 1.66. The van der Waals surface area contributed by atoms with Gasteiger partial charge in [-0.2, -0.15) is 0 Å². The molecule has 8 N–H and O–H groups in total. The summed E-state index contributed by atoms with van der Waals surface area (Å²) in [7, 11) is 0. The highest BCUT2D eigenvalue weighted by Gasteiger charge is 2.23. The molecule has 0 radical (unpaired) electrons. The average Bonchev–Trinajstić information content (AvgIpc) is 2.47. The lowest BCUT2D eigenvalue weighted by Gasteiger charge is -2.20. The van der Waals surface area contributed by atoms with Crippen molar-refractivity contribution in [2.24, 2.45) is 11.5 Å². The minimum absolute atomic E-state index is 0.248. The number of rotatable bonds is 11. The molecule has 0 saturated heterocycles. The van der Waals surface area contributed by atoms with Gasteiger partial charge in [-0.05, 0) is 19.8 Å². The van der Waals surface area contributed by atoms with Gasteiger partial charge in [-0.3, -0.25) is 19.2 Å². The molecule has 24 heavy (non-hydrogen) atoms. The van der Waals surface area contributed by atoms with Gasteiger partial charge in [0.25, 0.3) is 0 Å². The highest BCUT2D eigenvalue weighted by atomic mass is 16.2. The molecular weight excluding hydrogens is 316 g/mol. The summed E-state index contributed by atoms with van der Waals surface area (Å²) in [4.78, 5) is 45.8. The van der Waals surface area contributed by atoms with Crippen LogP contribution in [0.3, 0.4) is 0 Å². The third kappa shape index (κ3) is 10.0. The Morgan fingerprint density at radius 3 is 2.21 bits per heavy atom. The fraction of sp³-hybridized carbons (Fsp3) is 0.571. The SMILES string of the molecule is C=C(N)NCCC[C@H](NC(=O)CNC(C)=O)C(=O)N[C@@H](C)C(N)=O. The number of nitrogens with two attached hydrogens (primary N) is 2. The van der Waals surface area contributed by atoms with E-state index < -0.39 is 29.8 Å². The minimum atomic E-state index is -0.874. The standard InChI is InChI=1S/C14H26N6O4/c1-8(13(16)23)19-14(24)11(5-4-6-17-9(2)15)20-12(22)7-18-10(3)21/h8,11,17H,2,4-7,15H2,1,3H3,(H2,16,23)(H,18,21)(H,19,24)(H,20,22)/t8-,11-/m0/s1. The lowest BCUT2D eigenvalue weighted by molar-refractivity contribution is -0.131. The Kier molecular flexibility index (Phi) is 9.61. The number of carbonyl (C=O) groups excluding carboxylic acids is 4. The third-order valence-corrected chi connectivity index (χ3v) is 2.96. The van der Waals surface area contributed by atoms with Crippen LogP contribution in [0.15, 0.2) is 12.4 Å². The molecular formula is C14H26N6O4. The maximum atomic E-state index is 12.2. The van der Waals surface area contributed by atoms with Gasteiger partial charge in [0, 0.05) is 13.5 Å². The Morgan fingerprint density at radius 2 is 1.71 bits per heavy atom. The summed E-state index contributed by atoms with van der Waals surface area (Å²) in [6, 6.07) is -1.74. The van der Waals surface area contributed by atoms with Crippen LogP contribution in [0.2, 0.25) is 0 Å². The second-order valence-electron chi connectivity index (χ2n) is 5.26. The van der Waals surface area contributed by atoms with Crippen molar-refractivity contribution in [3.05, 3.63) is 12.4 Å². The van der Waals surface area contributed by atoms with E-state index in [1.807, 2.05) is 0 Å². The second kappa shape index (κ2) is 10.9. The van der Waals surface area contributed by atoms with Crippen molar-refractivity contribution in [1.29, 1.82) is 0 Å². The van der Waals surface area contributed by atoms with Crippen molar-refractivity contribution >= 4 is 23.6 Å². The number of hydrogen-bond donors (Lipinski definition) is 6. The number of amides is 4. The first-order valence-corrected chi connectivity index (χ1v) is 7.45. The second-order valence-corrected chi connectivity index (χ2v) is 5.26. The van der Waals surface area contributed by atoms with Gasteiger partial charge in [0.05, 0.1) is 12.4 Å². The van der Waals surface area contributed by atoms with Crippen LogP contribution >= 0.6 is 0 Å². The first kappa shape index (κ1) is 21.2. The molecule has 0 rings (SSSR count). The summed E-state index contributed by atoms with van der Waals surface area (Å²) in [6.45, 7) is 6.41. The Morgan fingerprint density at radius 1 is 1.08 bits per heavy atom. The average molecular weight is 342 g/mol. The minimum Gasteiger partial charge on any atom is -0.386 e. The third-order valence-electron chi connectivity index (χ3n) is 2.96. The van der Waals surface area contributed by atoms with Crippen LogP contribution in [0.5, 0.6) is 0 Å². The lowest BCUT2D eigenvalue weighted by atomic mass is 10.1. The van der Waals surface area contributed by atoms with Gasteiger partial charge in [0.1, 0.15) is 12.1 Å². The molecule has 0 heterocycles. The number of nitrogens with one attached hydrogen (secondary N) is 4. The van der Waals surface area contributed by atoms with Crippen molar-refractivity contribution in [1.82, 2.24) is 21.3 Å². The Hall–Kier alpha value is -2.78. The van der Waals surface area contributed by atoms with Crippen molar-refractivity contribution in [2.45, 2.75) is 38.8 Å². The zero-order chi connectivity index (χ0) is 18.7. The van der Waals surface area contributed by atoms with Gasteiger partial charge in [-0.1, -0.05) is 6.58 Å². The molecule has 0 bridgehead atoms. The zero-order valence-electron chi connectivity index (χ0n) is 14.0. The van der Waals surface area contributed by atoms with E-state index >= 15 is 0 Å². The monoisotopic (exact) mass is 342 g/mol. The summed E-state index contributed by atoms with van der Waals surface area (Å²) in [5.41, 5.74) is 10.5. The summed E-state index contributed by atoms with van der Waals surface area (Å²) < 4.78 is 0. The van der Waals surface area contributed by atoms with Gasteiger partial charge in [0.15, 0.2) is 0 Å². The Labute approximate surface area is 140 Å². The normalized spacial score (nSPS) is 12.4. The van der Waals surface area contributed by atoms with E-state index in [9.17, 15) is 19.2 Å². The predicted molar refractivity (Wildman–Crippen MR) is 88.0 cm³/mol. The van der Waals surface area contributed by atoms with Crippen LogP contribution in [0.25, 0.3) is 0 Å². The quantitative estimate of drug-likeness (QED) is 0.225. The van der Waals surface area contributed by atoms with Crippen molar-refractivity contribution in [3.8, 4) is 0 Å². The van der Waals surface area contributed by atoms with Gasteiger partial charge in [-0.15, -0.1) is 0 Å². The molecule has 0 saturated carbocycles. The van der Waals surface area contributed by atoms with Crippen LogP contribution in [-0.2, 0) is 19.2 Å². The van der Waals surface area contributed by atoms with Crippen molar-refractivity contribution in [3.63, 3.8) is 0 Å². The lowest BCUT2D eigenvalue weighted by Crippen LogP contribution is -2.53. The topological polar surface area (TPSA) is 168 Å². The van der Waals surface area contributed by atoms with Crippen LogP contribution in [0.4, 0.5) is 0 Å². The Balaban J connectivity index is 4.65. The summed E-state index contributed by atoms with van der Waals surface area (Å²) in [5, 5.41) is 10.1. The molecule has 10 heteroatoms. The molecule has 0 spiro atoms. The first-order chi connectivity index (χ1) is 11.1. The van der Waals surface area contributed by atoms with E-state index in [1.165, 1.54) is 13.8 Å². The van der Waals surface area contributed by atoms with Crippen LogP contribution in [0.1, 0.15) is 26.7 Å². The largest absolute Gasteiger partial charge is 0.386 e. The molecule has 4 amide bonds.